The number of furan rings is 2. The van der Waals surface area contributed by atoms with Crippen LogP contribution in [0.4, 0.5) is 17.3 Å². The predicted molar refractivity (Wildman–Crippen MR) is 250 cm³/mol. The van der Waals surface area contributed by atoms with Crippen LogP contribution in [0, 0.1) is 0 Å². The first-order chi connectivity index (χ1) is 30.0. The Morgan fingerprint density at radius 1 is 0.459 bits per heavy atom. The second kappa shape index (κ2) is 12.7. The van der Waals surface area contributed by atoms with E-state index in [4.69, 9.17) is 23.8 Å². The largest absolute Gasteiger partial charge is 0.456 e. The van der Waals surface area contributed by atoms with Crippen molar-refractivity contribution in [3.05, 3.63) is 181 Å². The number of para-hydroxylation sites is 2. The lowest BCUT2D eigenvalue weighted by Gasteiger charge is -2.25. The second-order valence-corrected chi connectivity index (χ2v) is 17.5. The van der Waals surface area contributed by atoms with Gasteiger partial charge in [-0.05, 0) is 95.1 Å². The van der Waals surface area contributed by atoms with Gasteiger partial charge in [0.2, 0.25) is 5.95 Å². The lowest BCUT2D eigenvalue weighted by Crippen LogP contribution is -2.16. The maximum absolute atomic E-state index is 6.48. The molecule has 0 bridgehead atoms. The molecule has 61 heavy (non-hydrogen) atoms. The Labute approximate surface area is 354 Å². The molecule has 0 amide bonds. The lowest BCUT2D eigenvalue weighted by molar-refractivity contribution is 0.660. The van der Waals surface area contributed by atoms with Crippen LogP contribution in [0.1, 0.15) is 25.0 Å². The van der Waals surface area contributed by atoms with E-state index in [1.807, 2.05) is 42.5 Å². The summed E-state index contributed by atoms with van der Waals surface area (Å²) in [5.74, 6) is 1.67. The van der Waals surface area contributed by atoms with Crippen LogP contribution in [0.15, 0.2) is 179 Å². The Hall–Kier alpha value is -7.61. The van der Waals surface area contributed by atoms with Crippen molar-refractivity contribution in [1.82, 2.24) is 15.0 Å². The zero-order chi connectivity index (χ0) is 40.4. The standard InChI is InChI=1S/C54H34N4O2S/c1-54(2)41-16-7-3-12-34(41)35-25-22-32(29-42(35)54)52-55-51(31-23-27-49-40(28-31)37-14-6-10-21-48(37)61-49)56-53(57-52)58(33-24-26-46-39(30-33)36-13-4-8-18-44(36)59-46)43-17-11-20-47-50(43)38-15-5-9-19-45(38)60-47/h3-30H,1-2H3. The molecular weight excluding hydrogens is 769 g/mol. The van der Waals surface area contributed by atoms with Crippen molar-refractivity contribution in [2.45, 2.75) is 19.3 Å². The van der Waals surface area contributed by atoms with Crippen molar-refractivity contribution in [2.75, 3.05) is 4.90 Å². The molecule has 0 atom stereocenters. The van der Waals surface area contributed by atoms with Crippen molar-refractivity contribution in [3.8, 4) is 33.9 Å². The van der Waals surface area contributed by atoms with Gasteiger partial charge < -0.3 is 8.83 Å². The molecule has 0 spiro atoms. The topological polar surface area (TPSA) is 68.2 Å². The van der Waals surface area contributed by atoms with Gasteiger partial charge in [0.1, 0.15) is 22.3 Å². The highest BCUT2D eigenvalue weighted by molar-refractivity contribution is 7.25. The number of fused-ring (bicyclic) bond motifs is 12. The molecule has 0 radical (unpaired) electrons. The van der Waals surface area contributed by atoms with Crippen LogP contribution in [0.25, 0.3) is 98.0 Å². The van der Waals surface area contributed by atoms with E-state index >= 15 is 0 Å². The normalized spacial score (nSPS) is 13.2. The first-order valence-corrected chi connectivity index (χ1v) is 21.3. The molecule has 13 rings (SSSR count). The Bertz CT molecular complexity index is 3780. The van der Waals surface area contributed by atoms with Crippen molar-refractivity contribution in [2.24, 2.45) is 0 Å². The molecule has 0 saturated carbocycles. The van der Waals surface area contributed by atoms with E-state index in [-0.39, 0.29) is 5.41 Å². The van der Waals surface area contributed by atoms with Gasteiger partial charge in [-0.2, -0.15) is 9.97 Å². The van der Waals surface area contributed by atoms with E-state index in [9.17, 15) is 0 Å². The molecule has 0 N–H and O–H groups in total. The Balaban J connectivity index is 1.10. The summed E-state index contributed by atoms with van der Waals surface area (Å²) in [4.78, 5) is 18.4. The summed E-state index contributed by atoms with van der Waals surface area (Å²) in [6.45, 7) is 4.61. The number of benzene rings is 8. The van der Waals surface area contributed by atoms with Gasteiger partial charge in [0.25, 0.3) is 0 Å². The van der Waals surface area contributed by atoms with E-state index < -0.39 is 0 Å². The maximum atomic E-state index is 6.48. The smallest absolute Gasteiger partial charge is 0.238 e. The van der Waals surface area contributed by atoms with E-state index in [1.165, 1.54) is 42.4 Å². The van der Waals surface area contributed by atoms with E-state index in [2.05, 4.69) is 146 Å². The van der Waals surface area contributed by atoms with Crippen LogP contribution in [0.2, 0.25) is 0 Å². The van der Waals surface area contributed by atoms with Gasteiger partial charge in [-0.15, -0.1) is 11.3 Å². The number of anilines is 3. The number of hydrogen-bond acceptors (Lipinski definition) is 7. The molecule has 7 heteroatoms. The van der Waals surface area contributed by atoms with Gasteiger partial charge in [0.05, 0.1) is 16.8 Å². The van der Waals surface area contributed by atoms with E-state index in [0.29, 0.717) is 17.6 Å². The predicted octanol–water partition coefficient (Wildman–Crippen LogP) is 15.1. The fourth-order valence-corrected chi connectivity index (χ4v) is 10.7. The molecule has 0 unspecified atom stereocenters. The summed E-state index contributed by atoms with van der Waals surface area (Å²) >= 11 is 1.80. The summed E-state index contributed by atoms with van der Waals surface area (Å²) < 4.78 is 15.3. The molecule has 0 fully saturated rings. The summed E-state index contributed by atoms with van der Waals surface area (Å²) in [7, 11) is 0. The van der Waals surface area contributed by atoms with Crippen LogP contribution in [-0.2, 0) is 5.41 Å². The van der Waals surface area contributed by atoms with Crippen LogP contribution in [0.5, 0.6) is 0 Å². The van der Waals surface area contributed by atoms with Crippen LogP contribution in [-0.4, -0.2) is 15.0 Å². The van der Waals surface area contributed by atoms with Gasteiger partial charge in [0.15, 0.2) is 11.6 Å². The molecule has 6 nitrogen and oxygen atoms in total. The highest BCUT2D eigenvalue weighted by Crippen LogP contribution is 2.50. The third-order valence-electron chi connectivity index (χ3n) is 12.5. The minimum atomic E-state index is -0.196. The van der Waals surface area contributed by atoms with Gasteiger partial charge >= 0.3 is 0 Å². The minimum absolute atomic E-state index is 0.196. The Morgan fingerprint density at radius 2 is 1.10 bits per heavy atom. The first kappa shape index (κ1) is 34.3. The Kier molecular flexibility index (Phi) is 7.13. The summed E-state index contributed by atoms with van der Waals surface area (Å²) in [6.07, 6.45) is 0. The number of aromatic nitrogens is 3. The zero-order valence-corrected chi connectivity index (χ0v) is 34.0. The highest BCUT2D eigenvalue weighted by atomic mass is 32.1. The molecule has 8 aromatic carbocycles. The maximum Gasteiger partial charge on any atom is 0.238 e. The number of hydrogen-bond donors (Lipinski definition) is 0. The first-order valence-electron chi connectivity index (χ1n) is 20.5. The van der Waals surface area contributed by atoms with Gasteiger partial charge in [0, 0.05) is 52.9 Å². The van der Waals surface area contributed by atoms with Crippen molar-refractivity contribution >= 4 is 92.7 Å². The highest BCUT2D eigenvalue weighted by Gasteiger charge is 2.35. The molecule has 4 heterocycles. The van der Waals surface area contributed by atoms with Gasteiger partial charge in [-0.1, -0.05) is 111 Å². The van der Waals surface area contributed by atoms with Crippen LogP contribution in [0.3, 0.4) is 0 Å². The second-order valence-electron chi connectivity index (χ2n) is 16.4. The third-order valence-corrected chi connectivity index (χ3v) is 13.7. The Morgan fingerprint density at radius 3 is 1.97 bits per heavy atom. The van der Waals surface area contributed by atoms with Gasteiger partial charge in [-0.25, -0.2) is 4.98 Å². The third kappa shape index (κ3) is 5.11. The summed E-state index contributed by atoms with van der Waals surface area (Å²) in [5, 5.41) is 6.44. The summed E-state index contributed by atoms with van der Waals surface area (Å²) in [6, 6.07) is 59.4. The summed E-state index contributed by atoms with van der Waals surface area (Å²) in [5.41, 5.74) is 11.8. The average molecular weight is 803 g/mol. The van der Waals surface area contributed by atoms with Gasteiger partial charge in [-0.3, -0.25) is 4.90 Å². The quantitative estimate of drug-likeness (QED) is 0.173. The molecule has 4 aromatic heterocycles. The van der Waals surface area contributed by atoms with E-state index in [0.717, 1.165) is 66.4 Å². The zero-order valence-electron chi connectivity index (χ0n) is 33.2. The number of thiophene rings is 1. The number of nitrogens with zero attached hydrogens (tertiary/aromatic N) is 4. The molecule has 1 aliphatic carbocycles. The van der Waals surface area contributed by atoms with Crippen molar-refractivity contribution in [3.63, 3.8) is 0 Å². The van der Waals surface area contributed by atoms with Crippen LogP contribution < -0.4 is 4.90 Å². The number of rotatable bonds is 5. The SMILES string of the molecule is CC1(C)c2ccccc2-c2ccc(-c3nc(-c4ccc5sc6ccccc6c5c4)nc(N(c4ccc5oc6ccccc6c5c4)c4cccc5oc6ccccc6c45)n3)cc21. The molecule has 288 valence electrons. The minimum Gasteiger partial charge on any atom is -0.456 e. The average Bonchev–Trinajstić information content (AvgIpc) is 4.04. The molecule has 0 saturated heterocycles. The van der Waals surface area contributed by atoms with Crippen molar-refractivity contribution < 1.29 is 8.83 Å². The molecular formula is C54H34N4O2S. The fraction of sp³-hybridized carbons (Fsp3) is 0.0556. The fourth-order valence-electron chi connectivity index (χ4n) is 9.59. The van der Waals surface area contributed by atoms with Crippen LogP contribution >= 0.6 is 11.3 Å². The molecule has 12 aromatic rings. The van der Waals surface area contributed by atoms with Crippen molar-refractivity contribution in [1.29, 1.82) is 0 Å². The lowest BCUT2D eigenvalue weighted by atomic mass is 9.82. The van der Waals surface area contributed by atoms with E-state index in [1.54, 1.807) is 11.3 Å². The molecule has 1 aliphatic rings. The monoisotopic (exact) mass is 802 g/mol. The molecule has 0 aliphatic heterocycles.